The lowest BCUT2D eigenvalue weighted by Crippen LogP contribution is -2.48. The summed E-state index contributed by atoms with van der Waals surface area (Å²) in [6.07, 6.45) is -1.00. The first-order valence-corrected chi connectivity index (χ1v) is 9.17. The Balaban J connectivity index is 1.67. The minimum absolute atomic E-state index is 0.0343. The maximum absolute atomic E-state index is 13.7. The van der Waals surface area contributed by atoms with Crippen LogP contribution in [0.2, 0.25) is 0 Å². The van der Waals surface area contributed by atoms with E-state index in [4.69, 9.17) is 4.74 Å². The Labute approximate surface area is 168 Å². The van der Waals surface area contributed by atoms with E-state index in [1.807, 2.05) is 60.7 Å². The largest absolute Gasteiger partial charge is 0.478 e. The summed E-state index contributed by atoms with van der Waals surface area (Å²) < 4.78 is 19.0. The maximum atomic E-state index is 13.7. The van der Waals surface area contributed by atoms with E-state index < -0.39 is 29.7 Å². The van der Waals surface area contributed by atoms with E-state index in [2.05, 4.69) is 10.9 Å². The van der Waals surface area contributed by atoms with Crippen molar-refractivity contribution in [2.45, 2.75) is 18.9 Å². The second-order valence-corrected chi connectivity index (χ2v) is 6.42. The van der Waals surface area contributed by atoms with Crippen molar-refractivity contribution in [3.05, 3.63) is 102 Å². The van der Waals surface area contributed by atoms with Gasteiger partial charge in [0.1, 0.15) is 0 Å². The van der Waals surface area contributed by atoms with Gasteiger partial charge in [-0.1, -0.05) is 72.8 Å². The van der Waals surface area contributed by atoms with E-state index in [1.54, 1.807) is 6.07 Å². The minimum Gasteiger partial charge on any atom is -0.478 e. The number of hydrogen-bond acceptors (Lipinski definition) is 3. The zero-order valence-electron chi connectivity index (χ0n) is 15.8. The summed E-state index contributed by atoms with van der Waals surface area (Å²) in [5, 5.41) is 0. The topological polar surface area (TPSA) is 67.4 Å². The van der Waals surface area contributed by atoms with Gasteiger partial charge in [-0.25, -0.2) is 4.39 Å². The molecule has 0 spiro atoms. The molecule has 148 valence electrons. The van der Waals surface area contributed by atoms with Crippen LogP contribution in [0, 0.1) is 5.82 Å². The number of amides is 2. The van der Waals surface area contributed by atoms with Crippen LogP contribution in [0.15, 0.2) is 84.9 Å². The van der Waals surface area contributed by atoms with Crippen molar-refractivity contribution in [1.29, 1.82) is 0 Å². The molecule has 2 amide bonds. The summed E-state index contributed by atoms with van der Waals surface area (Å²) in [4.78, 5) is 25.1. The highest BCUT2D eigenvalue weighted by atomic mass is 19.1. The van der Waals surface area contributed by atoms with E-state index in [-0.39, 0.29) is 5.75 Å². The van der Waals surface area contributed by atoms with Crippen LogP contribution in [-0.4, -0.2) is 17.9 Å². The third-order valence-electron chi connectivity index (χ3n) is 4.35. The lowest BCUT2D eigenvalue weighted by molar-refractivity contribution is -0.133. The number of rotatable bonds is 6. The fraction of sp³-hybridized carbons (Fsp3) is 0.130. The normalized spacial score (nSPS) is 11.6. The van der Waals surface area contributed by atoms with E-state index in [9.17, 15) is 14.0 Å². The number of halogens is 1. The minimum atomic E-state index is -1.00. The molecule has 0 aliphatic carbocycles. The molecule has 6 heteroatoms. The number of carbonyl (C=O) groups excluding carboxylic acids is 2. The highest BCUT2D eigenvalue weighted by Crippen LogP contribution is 2.24. The van der Waals surface area contributed by atoms with Crippen LogP contribution in [-0.2, 0) is 9.59 Å². The lowest BCUT2D eigenvalue weighted by atomic mass is 9.91. The zero-order chi connectivity index (χ0) is 20.6. The summed E-state index contributed by atoms with van der Waals surface area (Å²) in [6, 6.07) is 24.3. The van der Waals surface area contributed by atoms with Gasteiger partial charge in [0, 0.05) is 0 Å². The van der Waals surface area contributed by atoms with E-state index in [0.717, 1.165) is 11.1 Å². The molecule has 0 aliphatic heterocycles. The van der Waals surface area contributed by atoms with Gasteiger partial charge in [0.25, 0.3) is 5.91 Å². The predicted octanol–water partition coefficient (Wildman–Crippen LogP) is 3.57. The monoisotopic (exact) mass is 392 g/mol. The molecule has 3 aromatic rings. The summed E-state index contributed by atoms with van der Waals surface area (Å²) in [7, 11) is 0. The molecule has 5 nitrogen and oxygen atoms in total. The van der Waals surface area contributed by atoms with Crippen molar-refractivity contribution in [2.24, 2.45) is 0 Å². The van der Waals surface area contributed by atoms with Crippen LogP contribution in [0.4, 0.5) is 4.39 Å². The van der Waals surface area contributed by atoms with Gasteiger partial charge in [0.05, 0.1) is 5.92 Å². The van der Waals surface area contributed by atoms with Crippen molar-refractivity contribution in [3.8, 4) is 5.75 Å². The molecular weight excluding hydrogens is 371 g/mol. The summed E-state index contributed by atoms with van der Waals surface area (Å²) in [6.45, 7) is 1.47. The Kier molecular flexibility index (Phi) is 6.58. The Morgan fingerprint density at radius 1 is 0.759 bits per heavy atom. The van der Waals surface area contributed by atoms with E-state index in [0.29, 0.717) is 0 Å². The summed E-state index contributed by atoms with van der Waals surface area (Å²) >= 11 is 0. The Bertz CT molecular complexity index is 925. The molecule has 0 saturated carbocycles. The Morgan fingerprint density at radius 2 is 1.24 bits per heavy atom. The summed E-state index contributed by atoms with van der Waals surface area (Å²) in [5.74, 6) is -2.19. The fourth-order valence-electron chi connectivity index (χ4n) is 2.87. The maximum Gasteiger partial charge on any atom is 0.279 e. The molecule has 0 saturated heterocycles. The molecule has 0 heterocycles. The smallest absolute Gasteiger partial charge is 0.279 e. The first-order valence-electron chi connectivity index (χ1n) is 9.17. The van der Waals surface area contributed by atoms with E-state index in [1.165, 1.54) is 25.1 Å². The van der Waals surface area contributed by atoms with Gasteiger partial charge in [0.2, 0.25) is 5.91 Å². The number of hydrazine groups is 1. The average Bonchev–Trinajstić information content (AvgIpc) is 2.75. The second-order valence-electron chi connectivity index (χ2n) is 6.42. The number of ether oxygens (including phenoxy) is 1. The summed E-state index contributed by atoms with van der Waals surface area (Å²) in [5.41, 5.74) is 6.39. The molecule has 3 rings (SSSR count). The first-order chi connectivity index (χ1) is 14.1. The van der Waals surface area contributed by atoms with Crippen molar-refractivity contribution in [1.82, 2.24) is 10.9 Å². The molecule has 1 atom stereocenters. The first kappa shape index (κ1) is 20.1. The van der Waals surface area contributed by atoms with Gasteiger partial charge in [-0.2, -0.15) is 0 Å². The highest BCUT2D eigenvalue weighted by Gasteiger charge is 2.24. The zero-order valence-corrected chi connectivity index (χ0v) is 15.8. The van der Waals surface area contributed by atoms with Crippen molar-refractivity contribution in [3.63, 3.8) is 0 Å². The number of para-hydroxylation sites is 1. The third kappa shape index (κ3) is 5.19. The van der Waals surface area contributed by atoms with Crippen LogP contribution < -0.4 is 15.6 Å². The third-order valence-corrected chi connectivity index (χ3v) is 4.35. The quantitative estimate of drug-likeness (QED) is 0.630. The van der Waals surface area contributed by atoms with Crippen LogP contribution >= 0.6 is 0 Å². The number of carbonyl (C=O) groups is 2. The lowest BCUT2D eigenvalue weighted by Gasteiger charge is -2.20. The van der Waals surface area contributed by atoms with Gasteiger partial charge in [0.15, 0.2) is 17.7 Å². The second kappa shape index (κ2) is 9.50. The molecular formula is C23H21FN2O3. The number of nitrogens with one attached hydrogen (secondary N) is 2. The number of hydrogen-bond donors (Lipinski definition) is 2. The molecule has 0 fully saturated rings. The van der Waals surface area contributed by atoms with Crippen molar-refractivity contribution >= 4 is 11.8 Å². The molecule has 0 aromatic heterocycles. The van der Waals surface area contributed by atoms with Crippen LogP contribution in [0.5, 0.6) is 5.75 Å². The molecule has 0 radical (unpaired) electrons. The van der Waals surface area contributed by atoms with Gasteiger partial charge in [-0.3, -0.25) is 20.4 Å². The van der Waals surface area contributed by atoms with E-state index >= 15 is 0 Å². The molecule has 29 heavy (non-hydrogen) atoms. The average molecular weight is 392 g/mol. The molecule has 0 bridgehead atoms. The van der Waals surface area contributed by atoms with Gasteiger partial charge >= 0.3 is 0 Å². The Morgan fingerprint density at radius 3 is 1.79 bits per heavy atom. The van der Waals surface area contributed by atoms with Crippen LogP contribution in [0.1, 0.15) is 24.0 Å². The van der Waals surface area contributed by atoms with Gasteiger partial charge in [-0.05, 0) is 30.2 Å². The number of benzene rings is 3. The SMILES string of the molecule is C[C@H](Oc1ccccc1F)C(=O)NNC(=O)C(c1ccccc1)c1ccccc1. The molecule has 0 aliphatic rings. The van der Waals surface area contributed by atoms with Gasteiger partial charge in [-0.15, -0.1) is 0 Å². The Hall–Kier alpha value is -3.67. The van der Waals surface area contributed by atoms with Gasteiger partial charge < -0.3 is 4.74 Å². The fourth-order valence-corrected chi connectivity index (χ4v) is 2.87. The predicted molar refractivity (Wildman–Crippen MR) is 108 cm³/mol. The van der Waals surface area contributed by atoms with Crippen molar-refractivity contribution in [2.75, 3.05) is 0 Å². The van der Waals surface area contributed by atoms with Crippen LogP contribution in [0.3, 0.4) is 0 Å². The van der Waals surface area contributed by atoms with Crippen molar-refractivity contribution < 1.29 is 18.7 Å². The molecule has 2 N–H and O–H groups in total. The molecule has 3 aromatic carbocycles. The molecule has 0 unspecified atom stereocenters. The highest BCUT2D eigenvalue weighted by molar-refractivity contribution is 5.90. The van der Waals surface area contributed by atoms with Crippen LogP contribution in [0.25, 0.3) is 0 Å². The standard InChI is InChI=1S/C23H21FN2O3/c1-16(29-20-15-9-8-14-19(20)24)22(27)25-26-23(28)21(17-10-4-2-5-11-17)18-12-6-3-7-13-18/h2-16,21H,1H3,(H,25,27)(H,26,28)/t16-/m0/s1.